The predicted octanol–water partition coefficient (Wildman–Crippen LogP) is 24.1. The number of aliphatic hydroxyl groups is 1. The number of aliphatic hydroxyl groups excluding tert-OH is 1. The van der Waals surface area contributed by atoms with Crippen molar-refractivity contribution in [3.8, 4) is 0 Å². The third-order valence-corrected chi connectivity index (χ3v) is 18.0. The molecule has 0 aromatic carbocycles. The first-order valence-corrected chi connectivity index (χ1v) is 43.7. The first-order valence-electron chi connectivity index (χ1n) is 40.7. The SMILES string of the molecule is CCC=CCC=CCC=CCC=CCC=CCC=CCCC(=O)OC[C@H](COP(=O)(O)OCC(O)COP(=O)(O)OC[C@@H](COC(=O)CCCCCCCC=CCC=CCCCCC)OC(=O)CCCCCCCC=CCC=CCCCCC)OC(=O)CCC=CCC=CCC=CCC=CCC=CCC=CCC. The number of phosphoric ester groups is 2. The maximum absolute atomic E-state index is 13.1. The lowest BCUT2D eigenvalue weighted by atomic mass is 10.1. The molecule has 0 aliphatic carbocycles. The molecule has 0 radical (unpaired) electrons. The zero-order chi connectivity index (χ0) is 78.9. The minimum Gasteiger partial charge on any atom is -0.462 e. The van der Waals surface area contributed by atoms with Crippen molar-refractivity contribution in [2.45, 2.75) is 303 Å². The van der Waals surface area contributed by atoms with Gasteiger partial charge in [0, 0.05) is 25.7 Å². The molecule has 108 heavy (non-hydrogen) atoms. The second-order valence-electron chi connectivity index (χ2n) is 26.2. The Morgan fingerprint density at radius 1 is 0.269 bits per heavy atom. The van der Waals surface area contributed by atoms with Crippen LogP contribution in [0.25, 0.3) is 0 Å². The fraction of sp³-hybridized carbons (Fsp3) is 0.596. The van der Waals surface area contributed by atoms with Gasteiger partial charge in [-0.1, -0.05) is 286 Å². The van der Waals surface area contributed by atoms with Crippen LogP contribution in [0, 0.1) is 0 Å². The molecule has 0 amide bonds. The van der Waals surface area contributed by atoms with E-state index in [4.69, 9.17) is 37.0 Å². The number of ether oxygens (including phenoxy) is 4. The van der Waals surface area contributed by atoms with Crippen molar-refractivity contribution in [1.82, 2.24) is 0 Å². The third kappa shape index (κ3) is 78.0. The Labute approximate surface area is 653 Å². The molecule has 3 unspecified atom stereocenters. The first kappa shape index (κ1) is 102. The van der Waals surface area contributed by atoms with Crippen molar-refractivity contribution >= 4 is 39.5 Å². The van der Waals surface area contributed by atoms with Gasteiger partial charge in [-0.25, -0.2) is 9.13 Å². The molecule has 0 aliphatic rings. The first-order chi connectivity index (χ1) is 52.7. The second kappa shape index (κ2) is 79.0. The Bertz CT molecular complexity index is 2810. The summed E-state index contributed by atoms with van der Waals surface area (Å²) in [5.41, 5.74) is 0. The predicted molar refractivity (Wildman–Crippen MR) is 445 cm³/mol. The third-order valence-electron chi connectivity index (χ3n) is 16.1. The van der Waals surface area contributed by atoms with Gasteiger partial charge < -0.3 is 33.8 Å². The minimum absolute atomic E-state index is 0.0117. The standard InChI is InChI=1S/C89H142O17P2/c1-5-9-13-17-21-25-29-33-37-39-41-43-47-50-54-58-62-66-70-74-87(92)100-80-85(106-89(94)76-72-68-64-60-56-52-48-44-42-40-38-34-30-26-22-18-14-10-6-2)82-104-108(97,98)102-78-83(90)77-101-107(95,96)103-81-84(105-88(93)75-71-67-63-59-55-51-46-36-32-28-24-20-16-12-8-4)79-99-86(91)73-69-65-61-57-53-49-45-35-31-27-23-19-15-11-7-3/h9-10,13-14,21-28,33-38,41-46,50,52,54,56,62,64,66,68,83-85,90H,5-8,11-12,15-20,29-32,39-40,47-49,51,53,55,57-61,63,65,67,69-82H2,1-4H3,(H,95,96)(H,97,98)/t83?,84-,85-/m1/s1. The highest BCUT2D eigenvalue weighted by Gasteiger charge is 2.30. The van der Waals surface area contributed by atoms with Crippen molar-refractivity contribution in [1.29, 1.82) is 0 Å². The number of carbonyl (C=O) groups excluding carboxylic acids is 4. The van der Waals surface area contributed by atoms with Crippen LogP contribution < -0.4 is 0 Å². The molecule has 0 saturated carbocycles. The molecule has 0 aliphatic heterocycles. The Kier molecular flexibility index (Phi) is 74.5. The summed E-state index contributed by atoms with van der Waals surface area (Å²) < 4.78 is 68.5. The van der Waals surface area contributed by atoms with Crippen molar-refractivity contribution in [2.24, 2.45) is 0 Å². The molecule has 0 bridgehead atoms. The molecule has 19 heteroatoms. The molecule has 610 valence electrons. The molecular formula is C89H142O17P2. The van der Waals surface area contributed by atoms with E-state index >= 15 is 0 Å². The number of phosphoric acid groups is 2. The van der Waals surface area contributed by atoms with Crippen LogP contribution >= 0.6 is 15.6 Å². The lowest BCUT2D eigenvalue weighted by molar-refractivity contribution is -0.161. The second-order valence-corrected chi connectivity index (χ2v) is 29.1. The number of hydrogen-bond donors (Lipinski definition) is 3. The monoisotopic (exact) mass is 1540 g/mol. The van der Waals surface area contributed by atoms with Gasteiger partial charge in [0.05, 0.1) is 26.4 Å². The van der Waals surface area contributed by atoms with Gasteiger partial charge in [-0.05, 0) is 167 Å². The van der Waals surface area contributed by atoms with Crippen molar-refractivity contribution in [2.75, 3.05) is 39.6 Å². The number of esters is 4. The molecule has 0 spiro atoms. The van der Waals surface area contributed by atoms with Crippen molar-refractivity contribution in [3.63, 3.8) is 0 Å². The van der Waals surface area contributed by atoms with E-state index in [1.807, 2.05) is 36.5 Å². The maximum Gasteiger partial charge on any atom is 0.472 e. The van der Waals surface area contributed by atoms with Crippen LogP contribution in [-0.2, 0) is 65.4 Å². The Hall–Kier alpha value is -6.10. The van der Waals surface area contributed by atoms with Crippen LogP contribution in [0.15, 0.2) is 194 Å². The van der Waals surface area contributed by atoms with E-state index in [2.05, 4.69) is 186 Å². The number of unbranched alkanes of at least 4 members (excludes halogenated alkanes) is 16. The zero-order valence-corrected chi connectivity index (χ0v) is 68.5. The van der Waals surface area contributed by atoms with Gasteiger partial charge in [-0.3, -0.25) is 37.3 Å². The maximum atomic E-state index is 13.1. The van der Waals surface area contributed by atoms with Gasteiger partial charge in [-0.15, -0.1) is 0 Å². The zero-order valence-electron chi connectivity index (χ0n) is 66.7. The Balaban J connectivity index is 5.56. The summed E-state index contributed by atoms with van der Waals surface area (Å²) in [4.78, 5) is 73.0. The Morgan fingerprint density at radius 2 is 0.500 bits per heavy atom. The molecule has 0 rings (SSSR count). The Morgan fingerprint density at radius 3 is 0.815 bits per heavy atom. The van der Waals surface area contributed by atoms with E-state index in [9.17, 15) is 43.2 Å². The van der Waals surface area contributed by atoms with E-state index in [1.54, 1.807) is 0 Å². The molecular weight excluding hydrogens is 1400 g/mol. The van der Waals surface area contributed by atoms with E-state index in [0.717, 1.165) is 154 Å². The lowest BCUT2D eigenvalue weighted by Crippen LogP contribution is -2.30. The van der Waals surface area contributed by atoms with Crippen LogP contribution in [-0.4, -0.2) is 96.7 Å². The van der Waals surface area contributed by atoms with Crippen LogP contribution in [0.1, 0.15) is 285 Å². The summed E-state index contributed by atoms with van der Waals surface area (Å²) in [5, 5.41) is 10.7. The van der Waals surface area contributed by atoms with E-state index in [-0.39, 0.29) is 25.7 Å². The van der Waals surface area contributed by atoms with Gasteiger partial charge in [0.25, 0.3) is 0 Å². The number of carbonyl (C=O) groups is 4. The summed E-state index contributed by atoms with van der Waals surface area (Å²) in [5.74, 6) is -2.42. The van der Waals surface area contributed by atoms with Crippen LogP contribution in [0.4, 0.5) is 0 Å². The molecule has 5 atom stereocenters. The van der Waals surface area contributed by atoms with E-state index < -0.39 is 97.5 Å². The highest BCUT2D eigenvalue weighted by atomic mass is 31.2. The molecule has 0 saturated heterocycles. The largest absolute Gasteiger partial charge is 0.472 e. The number of rotatable bonds is 74. The average molecular weight is 1550 g/mol. The molecule has 0 heterocycles. The molecule has 3 N–H and O–H groups in total. The highest BCUT2D eigenvalue weighted by Crippen LogP contribution is 2.45. The van der Waals surface area contributed by atoms with Crippen molar-refractivity contribution < 1.29 is 80.2 Å². The molecule has 0 fully saturated rings. The number of hydrogen-bond acceptors (Lipinski definition) is 15. The van der Waals surface area contributed by atoms with Gasteiger partial charge in [0.1, 0.15) is 19.3 Å². The summed E-state index contributed by atoms with van der Waals surface area (Å²) in [6.45, 7) is 4.37. The molecule has 17 nitrogen and oxygen atoms in total. The van der Waals surface area contributed by atoms with Crippen molar-refractivity contribution in [3.05, 3.63) is 194 Å². The minimum atomic E-state index is -5.03. The van der Waals surface area contributed by atoms with Gasteiger partial charge in [-0.2, -0.15) is 0 Å². The molecule has 0 aromatic rings. The van der Waals surface area contributed by atoms with E-state index in [0.29, 0.717) is 38.5 Å². The van der Waals surface area contributed by atoms with Gasteiger partial charge in [0.15, 0.2) is 12.2 Å². The summed E-state index contributed by atoms with van der Waals surface area (Å²) >= 11 is 0. The summed E-state index contributed by atoms with van der Waals surface area (Å²) in [6, 6.07) is 0. The smallest absolute Gasteiger partial charge is 0.462 e. The average Bonchev–Trinajstić information content (AvgIpc) is 0.896. The quantitative estimate of drug-likeness (QED) is 0.0169. The topological polar surface area (TPSA) is 237 Å². The molecule has 0 aromatic heterocycles. The normalized spacial score (nSPS) is 14.8. The summed E-state index contributed by atoms with van der Waals surface area (Å²) in [7, 11) is -10.0. The summed E-state index contributed by atoms with van der Waals surface area (Å²) in [6.07, 6.45) is 97.2. The number of allylic oxidation sites excluding steroid dienone is 32. The lowest BCUT2D eigenvalue weighted by Gasteiger charge is -2.21. The van der Waals surface area contributed by atoms with Crippen LogP contribution in [0.5, 0.6) is 0 Å². The van der Waals surface area contributed by atoms with Crippen LogP contribution in [0.3, 0.4) is 0 Å². The van der Waals surface area contributed by atoms with Gasteiger partial charge >= 0.3 is 39.5 Å². The van der Waals surface area contributed by atoms with Crippen LogP contribution in [0.2, 0.25) is 0 Å². The fourth-order valence-corrected chi connectivity index (χ4v) is 11.5. The fourth-order valence-electron chi connectivity index (χ4n) is 9.92. The van der Waals surface area contributed by atoms with E-state index in [1.165, 1.54) is 38.5 Å². The highest BCUT2D eigenvalue weighted by molar-refractivity contribution is 7.47. The van der Waals surface area contributed by atoms with Gasteiger partial charge in [0.2, 0.25) is 0 Å².